The van der Waals surface area contributed by atoms with Crippen molar-refractivity contribution in [1.29, 1.82) is 0 Å². The summed E-state index contributed by atoms with van der Waals surface area (Å²) in [6.07, 6.45) is 0.148. The van der Waals surface area contributed by atoms with E-state index in [1.165, 1.54) is 7.11 Å². The molecule has 0 saturated carbocycles. The van der Waals surface area contributed by atoms with E-state index < -0.39 is 11.9 Å². The largest absolute Gasteiger partial charge is 0.469 e. The Morgan fingerprint density at radius 1 is 1.47 bits per heavy atom. The highest BCUT2D eigenvalue weighted by Gasteiger charge is 2.23. The van der Waals surface area contributed by atoms with Gasteiger partial charge in [0, 0.05) is 26.1 Å². The summed E-state index contributed by atoms with van der Waals surface area (Å²) < 4.78 is 10.0. The van der Waals surface area contributed by atoms with Crippen LogP contribution in [0.5, 0.6) is 0 Å². The number of nitrogens with one attached hydrogen (secondary N) is 1. The van der Waals surface area contributed by atoms with E-state index in [1.807, 2.05) is 10.2 Å². The number of nitrogens with two attached hydrogens (primary N) is 1. The highest BCUT2D eigenvalue weighted by Crippen LogP contribution is 2.09. The molecule has 1 rings (SSSR count). The molecule has 1 aliphatic heterocycles. The quantitative estimate of drug-likeness (QED) is 0.611. The van der Waals surface area contributed by atoms with Crippen molar-refractivity contribution in [1.82, 2.24) is 10.2 Å². The first-order valence-electron chi connectivity index (χ1n) is 6.01. The summed E-state index contributed by atoms with van der Waals surface area (Å²) in [6.45, 7) is 2.22. The lowest BCUT2D eigenvalue weighted by atomic mass is 10.2. The molecule has 1 atom stereocenters. The molecule has 3 amide bonds. The molecule has 0 spiro atoms. The summed E-state index contributed by atoms with van der Waals surface area (Å²) >= 11 is 0. The topological polar surface area (TPSA) is 111 Å². The van der Waals surface area contributed by atoms with E-state index in [4.69, 9.17) is 10.5 Å². The third kappa shape index (κ3) is 6.16. The molecule has 3 N–H and O–H groups in total. The zero-order chi connectivity index (χ0) is 14.3. The molecule has 0 aromatic heterocycles. The van der Waals surface area contributed by atoms with Crippen LogP contribution in [0.25, 0.3) is 0 Å². The van der Waals surface area contributed by atoms with Gasteiger partial charge >= 0.3 is 12.0 Å². The molecule has 0 aromatic rings. The van der Waals surface area contributed by atoms with E-state index in [0.717, 1.165) is 0 Å². The van der Waals surface area contributed by atoms with Crippen molar-refractivity contribution in [2.24, 2.45) is 5.73 Å². The number of primary amides is 1. The van der Waals surface area contributed by atoms with Crippen molar-refractivity contribution in [3.63, 3.8) is 0 Å². The summed E-state index contributed by atoms with van der Waals surface area (Å²) in [4.78, 5) is 34.9. The Labute approximate surface area is 111 Å². The first-order chi connectivity index (χ1) is 9.01. The Morgan fingerprint density at radius 3 is 2.84 bits per heavy atom. The Bertz CT molecular complexity index is 347. The minimum absolute atomic E-state index is 0.174. The smallest absolute Gasteiger partial charge is 0.318 e. The number of amides is 3. The molecule has 1 aliphatic rings. The van der Waals surface area contributed by atoms with Crippen LogP contribution in [0.3, 0.4) is 0 Å². The number of nitrogens with zero attached hydrogens (tertiary/aromatic N) is 1. The normalized spacial score (nSPS) is 19.7. The van der Waals surface area contributed by atoms with Gasteiger partial charge < -0.3 is 15.2 Å². The summed E-state index contributed by atoms with van der Waals surface area (Å²) in [5, 5.41) is 2.00. The number of imide groups is 1. The lowest BCUT2D eigenvalue weighted by molar-refractivity contribution is -0.145. The number of urea groups is 1. The molecule has 0 aliphatic carbocycles. The van der Waals surface area contributed by atoms with Gasteiger partial charge in [-0.2, -0.15) is 0 Å². The number of esters is 1. The van der Waals surface area contributed by atoms with Gasteiger partial charge in [-0.15, -0.1) is 0 Å². The number of carbonyl (C=O) groups is 3. The van der Waals surface area contributed by atoms with E-state index >= 15 is 0 Å². The van der Waals surface area contributed by atoms with Gasteiger partial charge in [0.15, 0.2) is 0 Å². The second-order valence-corrected chi connectivity index (χ2v) is 4.24. The van der Waals surface area contributed by atoms with E-state index in [-0.39, 0.29) is 24.9 Å². The maximum absolute atomic E-state index is 11.3. The first-order valence-corrected chi connectivity index (χ1v) is 6.01. The molecular formula is C11H19N3O5. The van der Waals surface area contributed by atoms with Gasteiger partial charge in [0.25, 0.3) is 0 Å². The highest BCUT2D eigenvalue weighted by molar-refractivity contribution is 5.93. The maximum atomic E-state index is 11.3. The second-order valence-electron chi connectivity index (χ2n) is 4.24. The number of hydrogen-bond donors (Lipinski definition) is 2. The van der Waals surface area contributed by atoms with E-state index in [1.54, 1.807) is 0 Å². The van der Waals surface area contributed by atoms with E-state index in [9.17, 15) is 14.4 Å². The van der Waals surface area contributed by atoms with E-state index in [0.29, 0.717) is 26.2 Å². The Morgan fingerprint density at radius 2 is 2.21 bits per heavy atom. The number of hydrogen-bond acceptors (Lipinski definition) is 6. The summed E-state index contributed by atoms with van der Waals surface area (Å²) in [5.74, 6) is -0.734. The molecule has 0 bridgehead atoms. The Kier molecular flexibility index (Phi) is 6.23. The van der Waals surface area contributed by atoms with Crippen molar-refractivity contribution in [3.05, 3.63) is 0 Å². The lowest BCUT2D eigenvalue weighted by Gasteiger charge is -2.32. The van der Waals surface area contributed by atoms with Crippen LogP contribution < -0.4 is 11.1 Å². The van der Waals surface area contributed by atoms with Crippen LogP contribution in [-0.2, 0) is 19.1 Å². The molecule has 0 aromatic carbocycles. The maximum Gasteiger partial charge on any atom is 0.318 e. The summed E-state index contributed by atoms with van der Waals surface area (Å²) in [6, 6.07) is -0.851. The number of morpholine rings is 1. The fraction of sp³-hybridized carbons (Fsp3) is 0.727. The van der Waals surface area contributed by atoms with Gasteiger partial charge in [0.2, 0.25) is 5.91 Å². The lowest BCUT2D eigenvalue weighted by Crippen LogP contribution is -2.45. The molecule has 1 fully saturated rings. The van der Waals surface area contributed by atoms with Gasteiger partial charge in [0.1, 0.15) is 0 Å². The molecule has 8 nitrogen and oxygen atoms in total. The predicted molar refractivity (Wildman–Crippen MR) is 65.2 cm³/mol. The molecule has 1 saturated heterocycles. The zero-order valence-corrected chi connectivity index (χ0v) is 10.9. The second kappa shape index (κ2) is 7.70. The van der Waals surface area contributed by atoms with Crippen LogP contribution >= 0.6 is 0 Å². The van der Waals surface area contributed by atoms with Crippen LogP contribution in [-0.4, -0.2) is 62.3 Å². The summed E-state index contributed by atoms with van der Waals surface area (Å²) in [5.41, 5.74) is 4.84. The van der Waals surface area contributed by atoms with Crippen molar-refractivity contribution in [2.45, 2.75) is 18.9 Å². The molecule has 1 unspecified atom stereocenters. The fourth-order valence-electron chi connectivity index (χ4n) is 1.84. The average Bonchev–Trinajstić information content (AvgIpc) is 2.36. The van der Waals surface area contributed by atoms with Crippen LogP contribution in [0.15, 0.2) is 0 Å². The molecule has 8 heteroatoms. The number of carbonyl (C=O) groups excluding carboxylic acids is 3. The van der Waals surface area contributed by atoms with Crippen LogP contribution in [0.1, 0.15) is 12.8 Å². The monoisotopic (exact) mass is 273 g/mol. The SMILES string of the molecule is COC(=O)CC1CN(CCC(=O)NC(N)=O)CCO1. The van der Waals surface area contributed by atoms with Crippen LogP contribution in [0.4, 0.5) is 4.79 Å². The zero-order valence-electron chi connectivity index (χ0n) is 10.9. The minimum Gasteiger partial charge on any atom is -0.469 e. The number of methoxy groups -OCH3 is 1. The number of rotatable bonds is 5. The van der Waals surface area contributed by atoms with Crippen molar-refractivity contribution >= 4 is 17.9 Å². The van der Waals surface area contributed by atoms with Crippen molar-refractivity contribution in [2.75, 3.05) is 33.4 Å². The van der Waals surface area contributed by atoms with Crippen molar-refractivity contribution < 1.29 is 23.9 Å². The minimum atomic E-state index is -0.851. The van der Waals surface area contributed by atoms with Gasteiger partial charge in [-0.3, -0.25) is 19.8 Å². The molecule has 19 heavy (non-hydrogen) atoms. The van der Waals surface area contributed by atoms with Gasteiger partial charge in [-0.1, -0.05) is 0 Å². The third-order valence-corrected chi connectivity index (χ3v) is 2.76. The Hall–Kier alpha value is -1.67. The Balaban J connectivity index is 2.28. The first kappa shape index (κ1) is 15.4. The van der Waals surface area contributed by atoms with Gasteiger partial charge in [-0.25, -0.2) is 4.79 Å². The molecule has 1 heterocycles. The van der Waals surface area contributed by atoms with Crippen molar-refractivity contribution in [3.8, 4) is 0 Å². The number of ether oxygens (including phenoxy) is 2. The molecular weight excluding hydrogens is 254 g/mol. The predicted octanol–water partition coefficient (Wildman–Crippen LogP) is -1.16. The molecule has 108 valence electrons. The highest BCUT2D eigenvalue weighted by atomic mass is 16.5. The average molecular weight is 273 g/mol. The van der Waals surface area contributed by atoms with Crippen LogP contribution in [0.2, 0.25) is 0 Å². The van der Waals surface area contributed by atoms with Gasteiger partial charge in [0.05, 0.1) is 26.2 Å². The van der Waals surface area contributed by atoms with Gasteiger partial charge in [-0.05, 0) is 0 Å². The van der Waals surface area contributed by atoms with E-state index in [2.05, 4.69) is 4.74 Å². The van der Waals surface area contributed by atoms with Crippen LogP contribution in [0, 0.1) is 0 Å². The standard InChI is InChI=1S/C11H19N3O5/c1-18-10(16)6-8-7-14(4-5-19-8)3-2-9(15)13-11(12)17/h8H,2-7H2,1H3,(H3,12,13,15,17). The summed E-state index contributed by atoms with van der Waals surface area (Å²) in [7, 11) is 1.33. The third-order valence-electron chi connectivity index (χ3n) is 2.76. The molecule has 0 radical (unpaired) electrons. The fourth-order valence-corrected chi connectivity index (χ4v) is 1.84.